The second kappa shape index (κ2) is 19.2. The molecule has 1 aliphatic carbocycles. The lowest BCUT2D eigenvalue weighted by Gasteiger charge is -2.38. The fourth-order valence-corrected chi connectivity index (χ4v) is 7.66. The summed E-state index contributed by atoms with van der Waals surface area (Å²) in [5.74, 6) is -0.0606. The molecule has 0 aliphatic heterocycles. The number of unbranched alkanes of at least 4 members (excludes halogenated alkanes) is 2. The number of nitrogens with one attached hydrogen (secondary N) is 1. The van der Waals surface area contributed by atoms with Crippen LogP contribution in [0.3, 0.4) is 0 Å². The summed E-state index contributed by atoms with van der Waals surface area (Å²) in [7, 11) is -0.793. The molecule has 0 saturated carbocycles. The number of carbonyl (C=O) groups excluding carboxylic acids is 2. The molecular weight excluding hydrogens is 671 g/mol. The van der Waals surface area contributed by atoms with Gasteiger partial charge in [-0.1, -0.05) is 68.3 Å². The number of carbonyl (C=O) groups is 2. The largest absolute Gasteiger partial charge is 0.497 e. The summed E-state index contributed by atoms with van der Waals surface area (Å²) >= 11 is 0. The molecule has 51 heavy (non-hydrogen) atoms. The Hall–Kier alpha value is -3.71. The summed E-state index contributed by atoms with van der Waals surface area (Å²) in [6, 6.07) is 12.3. The Labute approximate surface area is 304 Å². The van der Waals surface area contributed by atoms with E-state index in [1.165, 1.54) is 18.0 Å². The highest BCUT2D eigenvalue weighted by Crippen LogP contribution is 2.40. The van der Waals surface area contributed by atoms with E-state index in [0.717, 1.165) is 33.8 Å². The topological polar surface area (TPSA) is 135 Å². The lowest BCUT2D eigenvalue weighted by Crippen LogP contribution is -2.56. The maximum Gasteiger partial charge on any atom is 0.410 e. The molecule has 0 heterocycles. The van der Waals surface area contributed by atoms with Crippen LogP contribution in [0.4, 0.5) is 4.79 Å². The standard InChI is InChI=1S/C39H57N3O8S/c1-9-12-16-23-51(46,47)41(7)33(17-10-2)37(44)40-32(24-28-18-14-13-15-19-28)34(43)27-42(38(45)50-39(4,5)6)36-31-26-30(48-8)21-20-29(31)25-35(36)49-22-11-3/h10-11,13-15,18-21,26,32-36,43H,2-3,9,12,16-17,22-25,27H2,1,4-8H3,(H,40,44)/t32-,33-,34+,35+,36+/m0/s1. The van der Waals surface area contributed by atoms with Crippen molar-refractivity contribution in [1.29, 1.82) is 0 Å². The van der Waals surface area contributed by atoms with Gasteiger partial charge in [0.15, 0.2) is 0 Å². The number of nitrogens with zero attached hydrogens (tertiary/aromatic N) is 2. The van der Waals surface area contributed by atoms with Crippen LogP contribution >= 0.6 is 0 Å². The smallest absolute Gasteiger partial charge is 0.410 e. The minimum absolute atomic E-state index is 0.0660. The first-order valence-corrected chi connectivity index (χ1v) is 19.2. The van der Waals surface area contributed by atoms with Crippen LogP contribution in [0, 0.1) is 0 Å². The second-order valence-electron chi connectivity index (χ2n) is 14.0. The van der Waals surface area contributed by atoms with Crippen LogP contribution in [-0.2, 0) is 37.1 Å². The molecule has 3 rings (SSSR count). The molecule has 2 amide bonds. The first kappa shape index (κ1) is 41.7. The average Bonchev–Trinajstić information content (AvgIpc) is 3.44. The molecule has 2 aromatic carbocycles. The van der Waals surface area contributed by atoms with Crippen molar-refractivity contribution < 1.29 is 37.3 Å². The number of amides is 2. The Morgan fingerprint density at radius 1 is 1.10 bits per heavy atom. The summed E-state index contributed by atoms with van der Waals surface area (Å²) in [5.41, 5.74) is 1.74. The molecule has 2 N–H and O–H groups in total. The molecular formula is C39H57N3O8S. The predicted octanol–water partition coefficient (Wildman–Crippen LogP) is 5.59. The quantitative estimate of drug-likeness (QED) is 0.133. The Morgan fingerprint density at radius 3 is 2.41 bits per heavy atom. The van der Waals surface area contributed by atoms with Crippen LogP contribution in [-0.4, -0.2) is 97.7 Å². The SMILES string of the molecule is C=CCO[C@@H]1Cc2ccc(OC)cc2[C@H]1N(C[C@@H](O)[C@H](Cc1ccccc1)NC(=O)[C@H](CC=C)N(C)S(=O)(=O)CCCCC)C(=O)OC(C)(C)C. The zero-order valence-electron chi connectivity index (χ0n) is 31.0. The highest BCUT2D eigenvalue weighted by atomic mass is 32.2. The molecule has 0 saturated heterocycles. The summed E-state index contributed by atoms with van der Waals surface area (Å²) in [6.07, 6.45) is 3.54. The molecule has 0 aromatic heterocycles. The Bertz CT molecular complexity index is 1560. The van der Waals surface area contributed by atoms with Gasteiger partial charge in [-0.25, -0.2) is 13.2 Å². The number of ether oxygens (including phenoxy) is 3. The van der Waals surface area contributed by atoms with Crippen molar-refractivity contribution in [3.8, 4) is 5.75 Å². The summed E-state index contributed by atoms with van der Waals surface area (Å²) in [4.78, 5) is 29.5. The van der Waals surface area contributed by atoms with E-state index in [-0.39, 0.29) is 31.7 Å². The molecule has 0 radical (unpaired) electrons. The molecule has 0 unspecified atom stereocenters. The van der Waals surface area contributed by atoms with E-state index in [1.54, 1.807) is 34.0 Å². The van der Waals surface area contributed by atoms with Gasteiger partial charge in [0.25, 0.3) is 0 Å². The zero-order chi connectivity index (χ0) is 37.8. The van der Waals surface area contributed by atoms with Gasteiger partial charge in [-0.15, -0.1) is 13.2 Å². The van der Waals surface area contributed by atoms with E-state index >= 15 is 0 Å². The van der Waals surface area contributed by atoms with E-state index < -0.39 is 58.0 Å². The summed E-state index contributed by atoms with van der Waals surface area (Å²) in [5, 5.41) is 15.0. The monoisotopic (exact) mass is 727 g/mol. The van der Waals surface area contributed by atoms with Gasteiger partial charge in [0, 0.05) is 13.5 Å². The van der Waals surface area contributed by atoms with Gasteiger partial charge in [-0.05, 0) is 68.9 Å². The van der Waals surface area contributed by atoms with Gasteiger partial charge >= 0.3 is 6.09 Å². The lowest BCUT2D eigenvalue weighted by molar-refractivity contribution is -0.126. The fourth-order valence-electron chi connectivity index (χ4n) is 6.23. The molecule has 5 atom stereocenters. The molecule has 1 aliphatic rings. The zero-order valence-corrected chi connectivity index (χ0v) is 31.9. The number of aliphatic hydroxyl groups excluding tert-OH is 1. The summed E-state index contributed by atoms with van der Waals surface area (Å²) in [6.45, 7) is 14.8. The van der Waals surface area contributed by atoms with E-state index in [1.807, 2.05) is 55.5 Å². The normalized spacial score (nSPS) is 17.6. The molecule has 0 bridgehead atoms. The maximum absolute atomic E-state index is 14.1. The number of benzene rings is 2. The molecule has 0 fully saturated rings. The number of likely N-dealkylation sites (N-methyl/N-ethyl adjacent to an activating group) is 1. The van der Waals surface area contributed by atoms with Gasteiger partial charge in [0.1, 0.15) is 17.4 Å². The number of hydrogen-bond acceptors (Lipinski definition) is 8. The number of aliphatic hydroxyl groups is 1. The molecule has 2 aromatic rings. The van der Waals surface area contributed by atoms with E-state index in [2.05, 4.69) is 18.5 Å². The first-order chi connectivity index (χ1) is 24.1. The third-order valence-corrected chi connectivity index (χ3v) is 10.8. The predicted molar refractivity (Wildman–Crippen MR) is 200 cm³/mol. The van der Waals surface area contributed by atoms with Crippen LogP contribution in [0.15, 0.2) is 73.8 Å². The van der Waals surface area contributed by atoms with Crippen molar-refractivity contribution in [1.82, 2.24) is 14.5 Å². The van der Waals surface area contributed by atoms with Crippen molar-refractivity contribution >= 4 is 22.0 Å². The fraction of sp³-hybridized carbons (Fsp3) is 0.538. The molecule has 282 valence electrons. The molecule has 12 heteroatoms. The van der Waals surface area contributed by atoms with E-state index in [9.17, 15) is 23.1 Å². The van der Waals surface area contributed by atoms with Gasteiger partial charge in [0.2, 0.25) is 15.9 Å². The van der Waals surface area contributed by atoms with Crippen molar-refractivity contribution in [2.45, 2.75) is 102 Å². The van der Waals surface area contributed by atoms with Crippen LogP contribution in [0.25, 0.3) is 0 Å². The van der Waals surface area contributed by atoms with Crippen LogP contribution < -0.4 is 10.1 Å². The van der Waals surface area contributed by atoms with Gasteiger partial charge in [-0.3, -0.25) is 9.69 Å². The van der Waals surface area contributed by atoms with Crippen LogP contribution in [0.1, 0.15) is 76.1 Å². The van der Waals surface area contributed by atoms with Crippen molar-refractivity contribution in [3.63, 3.8) is 0 Å². The number of hydrogen-bond donors (Lipinski definition) is 2. The first-order valence-electron chi connectivity index (χ1n) is 17.6. The highest BCUT2D eigenvalue weighted by Gasteiger charge is 2.43. The molecule has 0 spiro atoms. The van der Waals surface area contributed by atoms with Crippen LogP contribution in [0.2, 0.25) is 0 Å². The minimum atomic E-state index is -3.76. The number of rotatable bonds is 20. The van der Waals surface area contributed by atoms with Crippen LogP contribution in [0.5, 0.6) is 5.75 Å². The third kappa shape index (κ3) is 11.9. The minimum Gasteiger partial charge on any atom is -0.497 e. The van der Waals surface area contributed by atoms with E-state index in [0.29, 0.717) is 18.6 Å². The summed E-state index contributed by atoms with van der Waals surface area (Å²) < 4.78 is 45.2. The lowest BCUT2D eigenvalue weighted by atomic mass is 9.98. The van der Waals surface area contributed by atoms with Crippen molar-refractivity contribution in [3.05, 3.63) is 90.5 Å². The maximum atomic E-state index is 14.1. The van der Waals surface area contributed by atoms with Gasteiger partial charge in [-0.2, -0.15) is 4.31 Å². The Morgan fingerprint density at radius 2 is 1.80 bits per heavy atom. The molecule has 11 nitrogen and oxygen atoms in total. The Balaban J connectivity index is 2.04. The second-order valence-corrected chi connectivity index (χ2v) is 16.1. The van der Waals surface area contributed by atoms with Gasteiger partial charge < -0.3 is 24.6 Å². The number of sulfonamides is 1. The van der Waals surface area contributed by atoms with Crippen molar-refractivity contribution in [2.24, 2.45) is 0 Å². The van der Waals surface area contributed by atoms with E-state index in [4.69, 9.17) is 14.2 Å². The van der Waals surface area contributed by atoms with Crippen molar-refractivity contribution in [2.75, 3.05) is 33.1 Å². The number of methoxy groups -OCH3 is 1. The Kier molecular flexibility index (Phi) is 15.7. The number of fused-ring (bicyclic) bond motifs is 1. The average molecular weight is 728 g/mol. The third-order valence-electron chi connectivity index (χ3n) is 8.89. The highest BCUT2D eigenvalue weighted by molar-refractivity contribution is 7.89. The van der Waals surface area contributed by atoms with Gasteiger partial charge in [0.05, 0.1) is 50.3 Å².